The highest BCUT2D eigenvalue weighted by Gasteiger charge is 2.29. The first kappa shape index (κ1) is 22.5. The quantitative estimate of drug-likeness (QED) is 0.625. The fourth-order valence-corrected chi connectivity index (χ4v) is 5.35. The number of rotatable bonds is 3. The molecule has 0 aliphatic carbocycles. The normalized spacial score (nSPS) is 17.2. The van der Waals surface area contributed by atoms with Gasteiger partial charge >= 0.3 is 0 Å². The summed E-state index contributed by atoms with van der Waals surface area (Å²) >= 11 is 7.32. The average Bonchev–Trinajstić information content (AvgIpc) is 3.12. The number of nitrogens with zero attached hydrogens (tertiary/aromatic N) is 4. The van der Waals surface area contributed by atoms with E-state index in [1.807, 2.05) is 4.90 Å². The van der Waals surface area contributed by atoms with Crippen LogP contribution in [-0.2, 0) is 21.5 Å². The van der Waals surface area contributed by atoms with Crippen LogP contribution in [-0.4, -0.2) is 55.1 Å². The molecule has 3 heterocycles. The van der Waals surface area contributed by atoms with E-state index in [-0.39, 0.29) is 28.8 Å². The molecule has 0 unspecified atom stereocenters. The van der Waals surface area contributed by atoms with Gasteiger partial charge in [0, 0.05) is 43.2 Å². The molecule has 0 spiro atoms. The van der Waals surface area contributed by atoms with E-state index in [1.165, 1.54) is 10.6 Å². The van der Waals surface area contributed by atoms with Crippen molar-refractivity contribution in [3.05, 3.63) is 40.0 Å². The molecule has 0 bridgehead atoms. The van der Waals surface area contributed by atoms with Crippen LogP contribution in [0.4, 0.5) is 14.6 Å². The number of benzene rings is 1. The highest BCUT2D eigenvalue weighted by molar-refractivity contribution is 7.98. The zero-order valence-electron chi connectivity index (χ0n) is 15.4. The Hall–Kier alpha value is -1.20. The molecule has 12 heteroatoms. The zero-order chi connectivity index (χ0) is 20.1. The highest BCUT2D eigenvalue weighted by Crippen LogP contribution is 2.37. The zero-order valence-corrected chi connectivity index (χ0v) is 18.6. The molecule has 2 aromatic rings. The van der Waals surface area contributed by atoms with Crippen molar-refractivity contribution in [2.45, 2.75) is 11.5 Å². The third-order valence-corrected chi connectivity index (χ3v) is 7.38. The molecule has 1 aromatic heterocycles. The van der Waals surface area contributed by atoms with Crippen LogP contribution in [0.25, 0.3) is 11.4 Å². The molecule has 1 aromatic carbocycles. The van der Waals surface area contributed by atoms with Gasteiger partial charge in [0.1, 0.15) is 17.5 Å². The van der Waals surface area contributed by atoms with Crippen LogP contribution in [0.15, 0.2) is 12.1 Å². The second kappa shape index (κ2) is 8.50. The van der Waals surface area contributed by atoms with Gasteiger partial charge in [0.05, 0.1) is 22.5 Å². The summed E-state index contributed by atoms with van der Waals surface area (Å²) in [5.41, 5.74) is 1.72. The molecule has 1 fully saturated rings. The number of halogens is 4. The number of anilines is 1. The van der Waals surface area contributed by atoms with Crippen molar-refractivity contribution in [1.29, 1.82) is 0 Å². The second-order valence-electron chi connectivity index (χ2n) is 6.68. The number of thioether (sulfide) groups is 1. The molecule has 0 atom stereocenters. The van der Waals surface area contributed by atoms with Gasteiger partial charge in [-0.25, -0.2) is 27.2 Å². The minimum atomic E-state index is -3.24. The summed E-state index contributed by atoms with van der Waals surface area (Å²) in [7, 11) is -3.24. The topological polar surface area (TPSA) is 66.4 Å². The number of sulfonamides is 1. The van der Waals surface area contributed by atoms with E-state index in [0.717, 1.165) is 29.1 Å². The smallest absolute Gasteiger partial charge is 0.211 e. The van der Waals surface area contributed by atoms with Crippen molar-refractivity contribution in [1.82, 2.24) is 14.3 Å². The van der Waals surface area contributed by atoms with Crippen molar-refractivity contribution in [3.63, 3.8) is 0 Å². The van der Waals surface area contributed by atoms with E-state index < -0.39 is 21.7 Å². The van der Waals surface area contributed by atoms with Crippen LogP contribution in [0.5, 0.6) is 0 Å². The molecule has 6 nitrogen and oxygen atoms in total. The van der Waals surface area contributed by atoms with E-state index in [1.54, 1.807) is 11.8 Å². The van der Waals surface area contributed by atoms with Crippen LogP contribution in [0.3, 0.4) is 0 Å². The SMILES string of the molecule is CS(=O)(=O)N1CCN(c2nc(-c3cc(F)c(Cl)cc3F)nc3c2CSC3)CC1.Cl. The van der Waals surface area contributed by atoms with Crippen molar-refractivity contribution < 1.29 is 17.2 Å². The van der Waals surface area contributed by atoms with Gasteiger partial charge < -0.3 is 4.90 Å². The van der Waals surface area contributed by atoms with Crippen molar-refractivity contribution >= 4 is 51.6 Å². The molecule has 158 valence electrons. The summed E-state index contributed by atoms with van der Waals surface area (Å²) in [6, 6.07) is 1.93. The van der Waals surface area contributed by atoms with Crippen LogP contribution in [0, 0.1) is 11.6 Å². The Morgan fingerprint density at radius 1 is 1.07 bits per heavy atom. The molecule has 4 rings (SSSR count). The molecule has 2 aliphatic rings. The summed E-state index contributed by atoms with van der Waals surface area (Å²) in [6.07, 6.45) is 1.19. The van der Waals surface area contributed by atoms with Gasteiger partial charge in [-0.15, -0.1) is 12.4 Å². The second-order valence-corrected chi connectivity index (χ2v) is 10.1. The molecule has 2 aliphatic heterocycles. The molecule has 1 saturated heterocycles. The van der Waals surface area contributed by atoms with Gasteiger partial charge in [0.25, 0.3) is 0 Å². The van der Waals surface area contributed by atoms with Crippen molar-refractivity contribution in [2.24, 2.45) is 0 Å². The van der Waals surface area contributed by atoms with Crippen LogP contribution in [0.1, 0.15) is 11.3 Å². The van der Waals surface area contributed by atoms with Crippen molar-refractivity contribution in [3.8, 4) is 11.4 Å². The van der Waals surface area contributed by atoms with Crippen LogP contribution < -0.4 is 4.90 Å². The van der Waals surface area contributed by atoms with Gasteiger partial charge in [-0.05, 0) is 12.1 Å². The number of fused-ring (bicyclic) bond motifs is 1. The van der Waals surface area contributed by atoms with E-state index in [9.17, 15) is 17.2 Å². The standard InChI is InChI=1S/C17H17ClF2N4O2S2.ClH/c1-28(25,26)24-4-2-23(3-5-24)17-11-8-27-9-15(11)21-16(22-17)10-6-14(20)12(18)7-13(10)19;/h6-7H,2-5,8-9H2,1H3;1H. The Bertz CT molecular complexity index is 1050. The van der Waals surface area contributed by atoms with E-state index in [4.69, 9.17) is 11.6 Å². The van der Waals surface area contributed by atoms with E-state index in [2.05, 4.69) is 9.97 Å². The van der Waals surface area contributed by atoms with E-state index >= 15 is 0 Å². The Morgan fingerprint density at radius 2 is 1.76 bits per heavy atom. The molecule has 0 saturated carbocycles. The maximum absolute atomic E-state index is 14.4. The van der Waals surface area contributed by atoms with Crippen LogP contribution in [0.2, 0.25) is 5.02 Å². The fourth-order valence-electron chi connectivity index (χ4n) is 3.34. The highest BCUT2D eigenvalue weighted by atomic mass is 35.5. The summed E-state index contributed by atoms with van der Waals surface area (Å²) in [5, 5.41) is -0.296. The molecule has 0 radical (unpaired) electrons. The first-order chi connectivity index (χ1) is 13.2. The summed E-state index contributed by atoms with van der Waals surface area (Å²) in [5.74, 6) is 0.737. The fraction of sp³-hybridized carbons (Fsp3) is 0.412. The third kappa shape index (κ3) is 4.46. The Morgan fingerprint density at radius 3 is 2.41 bits per heavy atom. The predicted octanol–water partition coefficient (Wildman–Crippen LogP) is 3.33. The maximum atomic E-state index is 14.4. The first-order valence-electron chi connectivity index (χ1n) is 8.56. The molecular weight excluding hydrogens is 465 g/mol. The number of aromatic nitrogens is 2. The Kier molecular flexibility index (Phi) is 6.59. The summed E-state index contributed by atoms with van der Waals surface area (Å²) in [4.78, 5) is 11.0. The molecular formula is C17H18Cl2F2N4O2S2. The average molecular weight is 483 g/mol. The Labute approximate surface area is 183 Å². The predicted molar refractivity (Wildman–Crippen MR) is 113 cm³/mol. The number of hydrogen-bond donors (Lipinski definition) is 0. The lowest BCUT2D eigenvalue weighted by molar-refractivity contribution is 0.386. The van der Waals surface area contributed by atoms with Gasteiger partial charge in [-0.3, -0.25) is 0 Å². The van der Waals surface area contributed by atoms with Gasteiger partial charge in [0.2, 0.25) is 10.0 Å². The lowest BCUT2D eigenvalue weighted by Crippen LogP contribution is -2.48. The molecule has 0 N–H and O–H groups in total. The summed E-state index contributed by atoms with van der Waals surface area (Å²) in [6.45, 7) is 1.64. The lowest BCUT2D eigenvalue weighted by Gasteiger charge is -2.35. The van der Waals surface area contributed by atoms with Crippen LogP contribution >= 0.6 is 35.8 Å². The van der Waals surface area contributed by atoms with Crippen molar-refractivity contribution in [2.75, 3.05) is 37.3 Å². The maximum Gasteiger partial charge on any atom is 0.211 e. The van der Waals surface area contributed by atoms with Gasteiger partial charge in [0.15, 0.2) is 5.82 Å². The number of hydrogen-bond acceptors (Lipinski definition) is 6. The number of piperazine rings is 1. The van der Waals surface area contributed by atoms with Gasteiger partial charge in [-0.1, -0.05) is 11.6 Å². The van der Waals surface area contributed by atoms with E-state index in [0.29, 0.717) is 37.7 Å². The Balaban J connectivity index is 0.00000240. The minimum absolute atomic E-state index is 0. The largest absolute Gasteiger partial charge is 0.354 e. The molecule has 0 amide bonds. The lowest BCUT2D eigenvalue weighted by atomic mass is 10.1. The first-order valence-corrected chi connectivity index (χ1v) is 11.9. The molecule has 29 heavy (non-hydrogen) atoms. The minimum Gasteiger partial charge on any atom is -0.354 e. The summed E-state index contributed by atoms with van der Waals surface area (Å²) < 4.78 is 53.2. The van der Waals surface area contributed by atoms with Gasteiger partial charge in [-0.2, -0.15) is 16.1 Å². The third-order valence-electron chi connectivity index (χ3n) is 4.81. The monoisotopic (exact) mass is 482 g/mol.